The minimum absolute atomic E-state index is 0.00893. The van der Waals surface area contributed by atoms with Crippen molar-refractivity contribution in [1.29, 1.82) is 0 Å². The van der Waals surface area contributed by atoms with E-state index in [1.165, 1.54) is 11.3 Å². The fourth-order valence-corrected chi connectivity index (χ4v) is 4.54. The lowest BCUT2D eigenvalue weighted by molar-refractivity contribution is 0.0955. The molecular weight excluding hydrogens is 320 g/mol. The number of nitrogens with one attached hydrogen (secondary N) is 2. The van der Waals surface area contributed by atoms with E-state index in [-0.39, 0.29) is 10.7 Å². The van der Waals surface area contributed by atoms with Gasteiger partial charge >= 0.3 is 0 Å². The van der Waals surface area contributed by atoms with E-state index in [0.29, 0.717) is 11.4 Å². The predicted octanol–water partition coefficient (Wildman–Crippen LogP) is 2.19. The van der Waals surface area contributed by atoms with Crippen LogP contribution in [0, 0.1) is 0 Å². The van der Waals surface area contributed by atoms with Gasteiger partial charge in [0.25, 0.3) is 5.91 Å². The molecule has 0 bridgehead atoms. The van der Waals surface area contributed by atoms with Gasteiger partial charge < -0.3 is 10.6 Å². The van der Waals surface area contributed by atoms with Crippen LogP contribution in [0.15, 0.2) is 18.3 Å². The van der Waals surface area contributed by atoms with Gasteiger partial charge in [-0.25, -0.2) is 0 Å². The summed E-state index contributed by atoms with van der Waals surface area (Å²) < 4.78 is 0.879. The number of rotatable bonds is 7. The third-order valence-corrected chi connectivity index (χ3v) is 6.32. The zero-order valence-corrected chi connectivity index (χ0v) is 15.4. The Labute approximate surface area is 138 Å². The second-order valence-electron chi connectivity index (χ2n) is 5.10. The number of amides is 1. The fourth-order valence-electron chi connectivity index (χ4n) is 1.57. The largest absolute Gasteiger partial charge is 0.389 e. The molecule has 0 aliphatic carbocycles. The molecule has 1 aromatic heterocycles. The molecular formula is C15H22N2OS3. The number of hydrogen-bond acceptors (Lipinski definition) is 5. The quantitative estimate of drug-likeness (QED) is 0.746. The second kappa shape index (κ2) is 7.96. The minimum Gasteiger partial charge on any atom is -0.389 e. The molecule has 0 aliphatic heterocycles. The Bertz CT molecular complexity index is 619. The second-order valence-corrected chi connectivity index (χ2v) is 9.34. The molecule has 21 heavy (non-hydrogen) atoms. The van der Waals surface area contributed by atoms with Crippen molar-refractivity contribution in [3.8, 4) is 0 Å². The molecule has 0 saturated heterocycles. The highest BCUT2D eigenvalue weighted by Crippen LogP contribution is 2.32. The van der Waals surface area contributed by atoms with Gasteiger partial charge in [-0.3, -0.25) is 4.79 Å². The Morgan fingerprint density at radius 2 is 2.19 bits per heavy atom. The van der Waals surface area contributed by atoms with Crippen LogP contribution in [0.25, 0.3) is 12.7 Å². The smallest absolute Gasteiger partial charge is 0.261 e. The summed E-state index contributed by atoms with van der Waals surface area (Å²) in [6.07, 6.45) is 3.93. The van der Waals surface area contributed by atoms with E-state index in [4.69, 9.17) is 0 Å². The maximum Gasteiger partial charge on any atom is 0.261 e. The zero-order valence-electron chi connectivity index (χ0n) is 12.9. The summed E-state index contributed by atoms with van der Waals surface area (Å²) in [5.74, 6) is -0.0469. The van der Waals surface area contributed by atoms with Crippen LogP contribution in [-0.2, 0) is 0 Å². The maximum absolute atomic E-state index is 12.2. The van der Waals surface area contributed by atoms with Crippen molar-refractivity contribution in [3.63, 3.8) is 0 Å². The van der Waals surface area contributed by atoms with E-state index in [1.807, 2.05) is 25.4 Å². The number of hydrogen-bond donors (Lipinski definition) is 2. The maximum atomic E-state index is 12.2. The van der Waals surface area contributed by atoms with Crippen LogP contribution >= 0.6 is 32.9 Å². The summed E-state index contributed by atoms with van der Waals surface area (Å²) in [4.78, 5) is 12.9. The van der Waals surface area contributed by atoms with Gasteiger partial charge in [-0.2, -0.15) is 0 Å². The van der Waals surface area contributed by atoms with Gasteiger partial charge in [-0.05, 0) is 37.5 Å². The standard InChI is InChI=1S/C15H22N2OS3/c1-10(16-5)7-12-8-13(20-11(12)2)14(18)17-9-15(3,4)21-19-6/h7-8,16H,1-2,9H2,3-6H3,(H,17,18)/b12-7-. The van der Waals surface area contributed by atoms with Gasteiger partial charge in [0.05, 0.1) is 4.88 Å². The van der Waals surface area contributed by atoms with E-state index in [0.717, 1.165) is 15.4 Å². The van der Waals surface area contributed by atoms with Crippen LogP contribution < -0.4 is 20.4 Å². The Balaban J connectivity index is 2.81. The zero-order chi connectivity index (χ0) is 16.0. The SMILES string of the molecule is C=C(/C=c1/cc(C(=O)NCC(C)(C)SSC)sc1=C)NC. The summed E-state index contributed by atoms with van der Waals surface area (Å²) in [5, 5.41) is 6.88. The molecule has 116 valence electrons. The van der Waals surface area contributed by atoms with E-state index in [2.05, 4.69) is 37.6 Å². The van der Waals surface area contributed by atoms with Crippen LogP contribution in [0.2, 0.25) is 0 Å². The molecule has 0 spiro atoms. The molecule has 0 saturated carbocycles. The minimum atomic E-state index is -0.0469. The highest BCUT2D eigenvalue weighted by atomic mass is 33.1. The van der Waals surface area contributed by atoms with Crippen LogP contribution in [0.4, 0.5) is 0 Å². The molecule has 0 aromatic carbocycles. The lowest BCUT2D eigenvalue weighted by Gasteiger charge is -2.22. The van der Waals surface area contributed by atoms with E-state index >= 15 is 0 Å². The van der Waals surface area contributed by atoms with Crippen molar-refractivity contribution in [2.24, 2.45) is 0 Å². The monoisotopic (exact) mass is 342 g/mol. The number of thiophene rings is 1. The molecule has 0 atom stereocenters. The molecule has 0 unspecified atom stereocenters. The molecule has 0 fully saturated rings. The molecule has 1 heterocycles. The highest BCUT2D eigenvalue weighted by Gasteiger charge is 2.20. The number of carbonyl (C=O) groups excluding carboxylic acids is 1. The van der Waals surface area contributed by atoms with Gasteiger partial charge in [-0.15, -0.1) is 11.3 Å². The Morgan fingerprint density at radius 1 is 1.52 bits per heavy atom. The van der Waals surface area contributed by atoms with Gasteiger partial charge in [-0.1, -0.05) is 34.7 Å². The first-order valence-electron chi connectivity index (χ1n) is 6.46. The van der Waals surface area contributed by atoms with Crippen LogP contribution in [0.3, 0.4) is 0 Å². The van der Waals surface area contributed by atoms with Crippen molar-refractivity contribution >= 4 is 51.5 Å². The molecule has 1 amide bonds. The summed E-state index contributed by atoms with van der Waals surface area (Å²) in [5.41, 5.74) is 0.794. The lowest BCUT2D eigenvalue weighted by Crippen LogP contribution is -2.35. The van der Waals surface area contributed by atoms with Crippen molar-refractivity contribution in [3.05, 3.63) is 33.0 Å². The van der Waals surface area contributed by atoms with E-state index in [1.54, 1.807) is 21.6 Å². The van der Waals surface area contributed by atoms with Crippen molar-refractivity contribution < 1.29 is 4.79 Å². The Hall–Kier alpha value is -0.850. The van der Waals surface area contributed by atoms with Crippen LogP contribution in [-0.4, -0.2) is 30.5 Å². The van der Waals surface area contributed by atoms with E-state index < -0.39 is 0 Å². The number of carbonyl (C=O) groups is 1. The summed E-state index contributed by atoms with van der Waals surface area (Å²) >= 11 is 1.40. The first kappa shape index (κ1) is 18.2. The van der Waals surface area contributed by atoms with Gasteiger partial charge in [0.1, 0.15) is 0 Å². The van der Waals surface area contributed by atoms with Gasteiger partial charge in [0, 0.05) is 28.6 Å². The summed E-state index contributed by atoms with van der Waals surface area (Å²) in [6.45, 7) is 12.7. The molecule has 0 aliphatic rings. The average Bonchev–Trinajstić information content (AvgIpc) is 2.77. The molecule has 3 nitrogen and oxygen atoms in total. The molecule has 6 heteroatoms. The third-order valence-electron chi connectivity index (χ3n) is 2.70. The topological polar surface area (TPSA) is 41.1 Å². The van der Waals surface area contributed by atoms with Crippen molar-refractivity contribution in [1.82, 2.24) is 10.6 Å². The van der Waals surface area contributed by atoms with Crippen LogP contribution in [0.1, 0.15) is 23.5 Å². The van der Waals surface area contributed by atoms with E-state index in [9.17, 15) is 4.79 Å². The molecule has 1 aromatic rings. The third kappa shape index (κ3) is 5.80. The Morgan fingerprint density at radius 3 is 2.76 bits per heavy atom. The summed E-state index contributed by atoms with van der Waals surface area (Å²) in [6, 6.07) is 1.86. The highest BCUT2D eigenvalue weighted by molar-refractivity contribution is 8.76. The van der Waals surface area contributed by atoms with Crippen LogP contribution in [0.5, 0.6) is 0 Å². The summed E-state index contributed by atoms with van der Waals surface area (Å²) in [7, 11) is 5.28. The fraction of sp³-hybridized carbons (Fsp3) is 0.400. The first-order chi connectivity index (χ1) is 9.79. The first-order valence-corrected chi connectivity index (χ1v) is 9.83. The van der Waals surface area contributed by atoms with Gasteiger partial charge in [0.15, 0.2) is 0 Å². The normalized spacial score (nSPS) is 12.3. The lowest BCUT2D eigenvalue weighted by atomic mass is 10.2. The average molecular weight is 343 g/mol. The predicted molar refractivity (Wildman–Crippen MR) is 99.3 cm³/mol. The Kier molecular flexibility index (Phi) is 6.90. The molecule has 2 N–H and O–H groups in total. The van der Waals surface area contributed by atoms with Gasteiger partial charge in [0.2, 0.25) is 0 Å². The number of allylic oxidation sites excluding steroid dienone is 1. The van der Waals surface area contributed by atoms with Crippen molar-refractivity contribution in [2.75, 3.05) is 19.8 Å². The molecule has 1 rings (SSSR count). The van der Waals surface area contributed by atoms with Crippen molar-refractivity contribution in [2.45, 2.75) is 18.6 Å². The molecule has 0 radical (unpaired) electrons.